The lowest BCUT2D eigenvalue weighted by Crippen LogP contribution is -2.38. The van der Waals surface area contributed by atoms with Gasteiger partial charge in [-0.05, 0) is 25.3 Å². The van der Waals surface area contributed by atoms with Gasteiger partial charge >= 0.3 is 0 Å². The van der Waals surface area contributed by atoms with Crippen LogP contribution >= 0.6 is 0 Å². The van der Waals surface area contributed by atoms with Gasteiger partial charge in [-0.15, -0.1) is 0 Å². The molecule has 1 aromatic carbocycles. The number of amides is 1. The fourth-order valence-electron chi connectivity index (χ4n) is 2.85. The number of carbonyl (C=O) groups is 1. The van der Waals surface area contributed by atoms with Crippen LogP contribution in [0.15, 0.2) is 30.3 Å². The van der Waals surface area contributed by atoms with Crippen molar-refractivity contribution in [2.24, 2.45) is 5.92 Å². The van der Waals surface area contributed by atoms with Crippen molar-refractivity contribution in [3.05, 3.63) is 35.9 Å². The molecule has 1 heterocycles. The lowest BCUT2D eigenvalue weighted by molar-refractivity contribution is -0.138. The molecule has 1 saturated heterocycles. The fraction of sp³-hybridized carbons (Fsp3) is 0.562. The summed E-state index contributed by atoms with van der Waals surface area (Å²) in [6, 6.07) is 9.78. The van der Waals surface area contributed by atoms with Gasteiger partial charge in [0.25, 0.3) is 0 Å². The van der Waals surface area contributed by atoms with Crippen molar-refractivity contribution in [2.75, 3.05) is 20.3 Å². The Bertz CT molecular complexity index is 435. The summed E-state index contributed by atoms with van der Waals surface area (Å²) in [5, 5.41) is 9.28. The van der Waals surface area contributed by atoms with Crippen molar-refractivity contribution >= 4 is 5.91 Å². The summed E-state index contributed by atoms with van der Waals surface area (Å²) in [4.78, 5) is 14.4. The molecular weight excluding hydrogens is 254 g/mol. The van der Waals surface area contributed by atoms with Crippen molar-refractivity contribution in [1.29, 1.82) is 0 Å². The lowest BCUT2D eigenvalue weighted by atomic mass is 9.97. The quantitative estimate of drug-likeness (QED) is 0.895. The maximum absolute atomic E-state index is 12.6. The molecule has 0 saturated carbocycles. The van der Waals surface area contributed by atoms with Crippen LogP contribution in [0.4, 0.5) is 0 Å². The molecule has 1 aliphatic heterocycles. The minimum atomic E-state index is -0.0819. The number of carbonyl (C=O) groups excluding carboxylic acids is 1. The van der Waals surface area contributed by atoms with Crippen LogP contribution in [-0.2, 0) is 9.53 Å². The van der Waals surface area contributed by atoms with E-state index in [4.69, 9.17) is 4.74 Å². The predicted octanol–water partition coefficient (Wildman–Crippen LogP) is 1.99. The van der Waals surface area contributed by atoms with E-state index in [0.29, 0.717) is 13.0 Å². The molecule has 0 spiro atoms. The van der Waals surface area contributed by atoms with Crippen molar-refractivity contribution in [2.45, 2.75) is 31.9 Å². The smallest absolute Gasteiger partial charge is 0.228 e. The zero-order chi connectivity index (χ0) is 14.5. The topological polar surface area (TPSA) is 49.8 Å². The van der Waals surface area contributed by atoms with E-state index in [-0.39, 0.29) is 30.6 Å². The van der Waals surface area contributed by atoms with Crippen molar-refractivity contribution in [3.8, 4) is 0 Å². The van der Waals surface area contributed by atoms with Crippen LogP contribution in [0, 0.1) is 5.92 Å². The largest absolute Gasteiger partial charge is 0.396 e. The first-order valence-corrected chi connectivity index (χ1v) is 7.19. The minimum Gasteiger partial charge on any atom is -0.396 e. The number of aliphatic hydroxyl groups is 1. The molecule has 2 rings (SSSR count). The summed E-state index contributed by atoms with van der Waals surface area (Å²) in [6.07, 6.45) is 1.31. The van der Waals surface area contributed by atoms with E-state index in [0.717, 1.165) is 12.0 Å². The second kappa shape index (κ2) is 6.86. The highest BCUT2D eigenvalue weighted by Gasteiger charge is 2.35. The summed E-state index contributed by atoms with van der Waals surface area (Å²) in [6.45, 7) is 2.67. The monoisotopic (exact) mass is 277 g/mol. The molecule has 20 heavy (non-hydrogen) atoms. The first kappa shape index (κ1) is 15.0. The number of nitrogens with zero attached hydrogens (tertiary/aromatic N) is 1. The predicted molar refractivity (Wildman–Crippen MR) is 77.2 cm³/mol. The van der Waals surface area contributed by atoms with E-state index in [1.54, 1.807) is 4.90 Å². The van der Waals surface area contributed by atoms with E-state index in [2.05, 4.69) is 0 Å². The van der Waals surface area contributed by atoms with E-state index >= 15 is 0 Å². The minimum absolute atomic E-state index is 0.0181. The Morgan fingerprint density at radius 1 is 1.45 bits per heavy atom. The van der Waals surface area contributed by atoms with Gasteiger partial charge in [-0.1, -0.05) is 30.3 Å². The second-order valence-corrected chi connectivity index (χ2v) is 5.36. The highest BCUT2D eigenvalue weighted by molar-refractivity contribution is 5.80. The molecular formula is C16H23NO3. The molecule has 3 unspecified atom stereocenters. The number of hydrogen-bond acceptors (Lipinski definition) is 3. The lowest BCUT2D eigenvalue weighted by Gasteiger charge is -2.31. The average Bonchev–Trinajstić information content (AvgIpc) is 2.90. The van der Waals surface area contributed by atoms with Crippen LogP contribution < -0.4 is 0 Å². The Balaban J connectivity index is 2.14. The van der Waals surface area contributed by atoms with Gasteiger partial charge in [-0.2, -0.15) is 0 Å². The van der Waals surface area contributed by atoms with Gasteiger partial charge in [-0.3, -0.25) is 4.79 Å². The Hall–Kier alpha value is -1.39. The van der Waals surface area contributed by atoms with Gasteiger partial charge in [0, 0.05) is 20.3 Å². The molecule has 4 nitrogen and oxygen atoms in total. The Labute approximate surface area is 120 Å². The maximum Gasteiger partial charge on any atom is 0.228 e. The highest BCUT2D eigenvalue weighted by atomic mass is 16.5. The number of rotatable bonds is 5. The number of hydrogen-bond donors (Lipinski definition) is 1. The summed E-state index contributed by atoms with van der Waals surface area (Å²) in [7, 11) is 1.82. The molecule has 0 radical (unpaired) electrons. The first-order chi connectivity index (χ1) is 9.65. The Morgan fingerprint density at radius 3 is 2.70 bits per heavy atom. The summed E-state index contributed by atoms with van der Waals surface area (Å²) in [5.41, 5.74) is 1.06. The number of ether oxygens (including phenoxy) is 1. The third kappa shape index (κ3) is 3.19. The molecule has 0 bridgehead atoms. The van der Waals surface area contributed by atoms with E-state index in [1.807, 2.05) is 44.3 Å². The summed E-state index contributed by atoms with van der Waals surface area (Å²) in [5.74, 6) is 0.0437. The Kier molecular flexibility index (Phi) is 5.15. The van der Waals surface area contributed by atoms with E-state index in [9.17, 15) is 9.90 Å². The van der Waals surface area contributed by atoms with Crippen LogP contribution in [0.25, 0.3) is 0 Å². The second-order valence-electron chi connectivity index (χ2n) is 5.36. The zero-order valence-electron chi connectivity index (χ0n) is 12.2. The average molecular weight is 277 g/mol. The third-order valence-corrected chi connectivity index (χ3v) is 4.10. The van der Waals surface area contributed by atoms with Gasteiger partial charge in [0.2, 0.25) is 5.91 Å². The summed E-state index contributed by atoms with van der Waals surface area (Å²) < 4.78 is 5.49. The molecule has 0 aliphatic carbocycles. The van der Waals surface area contributed by atoms with Crippen molar-refractivity contribution in [3.63, 3.8) is 0 Å². The number of benzene rings is 1. The SMILES string of the molecule is CC1OCCC1C(=O)N(C)C(CCO)c1ccccc1. The molecule has 1 fully saturated rings. The highest BCUT2D eigenvalue weighted by Crippen LogP contribution is 2.28. The third-order valence-electron chi connectivity index (χ3n) is 4.10. The van der Waals surface area contributed by atoms with E-state index < -0.39 is 0 Å². The van der Waals surface area contributed by atoms with Crippen molar-refractivity contribution in [1.82, 2.24) is 4.90 Å². The molecule has 1 aromatic rings. The van der Waals surface area contributed by atoms with Crippen LogP contribution in [0.2, 0.25) is 0 Å². The van der Waals surface area contributed by atoms with E-state index in [1.165, 1.54) is 0 Å². The molecule has 110 valence electrons. The molecule has 3 atom stereocenters. The zero-order valence-corrected chi connectivity index (χ0v) is 12.2. The van der Waals surface area contributed by atoms with Crippen LogP contribution in [-0.4, -0.2) is 42.3 Å². The normalized spacial score (nSPS) is 23.6. The van der Waals surface area contributed by atoms with Gasteiger partial charge < -0.3 is 14.7 Å². The first-order valence-electron chi connectivity index (χ1n) is 7.19. The van der Waals surface area contributed by atoms with Gasteiger partial charge in [0.05, 0.1) is 18.1 Å². The molecule has 1 amide bonds. The Morgan fingerprint density at radius 2 is 2.15 bits per heavy atom. The van der Waals surface area contributed by atoms with Crippen molar-refractivity contribution < 1.29 is 14.6 Å². The molecule has 4 heteroatoms. The molecule has 1 aliphatic rings. The standard InChI is InChI=1S/C16H23NO3/c1-12-14(9-11-20-12)16(19)17(2)15(8-10-18)13-6-4-3-5-7-13/h3-7,12,14-15,18H,8-11H2,1-2H3. The summed E-state index contributed by atoms with van der Waals surface area (Å²) >= 11 is 0. The van der Waals surface area contributed by atoms with Crippen LogP contribution in [0.3, 0.4) is 0 Å². The molecule has 0 aromatic heterocycles. The van der Waals surface area contributed by atoms with Crippen LogP contribution in [0.5, 0.6) is 0 Å². The number of aliphatic hydroxyl groups excluding tert-OH is 1. The van der Waals surface area contributed by atoms with Gasteiger partial charge in [-0.25, -0.2) is 0 Å². The fourth-order valence-corrected chi connectivity index (χ4v) is 2.85. The maximum atomic E-state index is 12.6. The molecule has 1 N–H and O–H groups in total. The van der Waals surface area contributed by atoms with Crippen LogP contribution in [0.1, 0.15) is 31.4 Å². The van der Waals surface area contributed by atoms with Gasteiger partial charge in [0.15, 0.2) is 0 Å². The van der Waals surface area contributed by atoms with Gasteiger partial charge in [0.1, 0.15) is 0 Å².